The van der Waals surface area contributed by atoms with Crippen LogP contribution in [0.5, 0.6) is 0 Å². The fraction of sp³-hybridized carbons (Fsp3) is 0.800. The number of hydrogen-bond acceptors (Lipinski definition) is 3. The Hall–Kier alpha value is -1.39. The summed E-state index contributed by atoms with van der Waals surface area (Å²) < 4.78 is 111. The van der Waals surface area contributed by atoms with Gasteiger partial charge in [0.1, 0.15) is 0 Å². The lowest BCUT2D eigenvalue weighted by Crippen LogP contribution is -2.62. The van der Waals surface area contributed by atoms with E-state index in [0.29, 0.717) is 6.92 Å². The van der Waals surface area contributed by atoms with Crippen molar-refractivity contribution in [2.45, 2.75) is 56.7 Å². The second-order valence-corrected chi connectivity index (χ2v) is 6.90. The molecule has 1 N–H and O–H groups in total. The molecule has 2 bridgehead atoms. The molecule has 2 aliphatic rings. The van der Waals surface area contributed by atoms with Gasteiger partial charge in [0.15, 0.2) is 11.5 Å². The molecule has 2 rings (SSSR count). The van der Waals surface area contributed by atoms with E-state index in [-0.39, 0.29) is 13.3 Å². The van der Waals surface area contributed by atoms with Crippen LogP contribution in [-0.4, -0.2) is 41.1 Å². The minimum atomic E-state index is -5.80. The quantitative estimate of drug-likeness (QED) is 0.444. The number of carbonyl (C=O) groups is 1. The molecule has 0 aromatic carbocycles. The lowest BCUT2D eigenvalue weighted by atomic mass is 9.75. The lowest BCUT2D eigenvalue weighted by molar-refractivity contribution is -0.343. The molecule has 150 valence electrons. The highest BCUT2D eigenvalue weighted by Gasteiger charge is 2.72. The molecule has 0 radical (unpaired) electrons. The topological polar surface area (TPSA) is 46.5 Å². The maximum atomic E-state index is 14.0. The van der Waals surface area contributed by atoms with Crippen molar-refractivity contribution < 1.29 is 49.8 Å². The minimum Gasteiger partial charge on any atom is -0.455 e. The molecule has 3 nitrogen and oxygen atoms in total. The van der Waals surface area contributed by atoms with Gasteiger partial charge in [-0.05, 0) is 32.6 Å². The molecule has 1 saturated carbocycles. The molecule has 5 atom stereocenters. The van der Waals surface area contributed by atoms with Gasteiger partial charge in [0.05, 0.1) is 0 Å². The number of alkyl halides is 8. The fourth-order valence-corrected chi connectivity index (χ4v) is 3.46. The largest absolute Gasteiger partial charge is 0.455 e. The van der Waals surface area contributed by atoms with Crippen LogP contribution in [0.25, 0.3) is 0 Å². The second kappa shape index (κ2) is 5.80. The van der Waals surface area contributed by atoms with Crippen molar-refractivity contribution in [3.63, 3.8) is 0 Å². The summed E-state index contributed by atoms with van der Waals surface area (Å²) in [5.41, 5.74) is -7.68. The van der Waals surface area contributed by atoms with E-state index in [1.54, 1.807) is 0 Å². The fourth-order valence-electron chi connectivity index (χ4n) is 3.46. The van der Waals surface area contributed by atoms with E-state index in [1.165, 1.54) is 6.08 Å². The number of hydrogen-bond donors (Lipinski definition) is 1. The monoisotopic (exact) mass is 396 g/mol. The number of rotatable bonds is 4. The molecule has 0 spiro atoms. The van der Waals surface area contributed by atoms with Gasteiger partial charge in [0.2, 0.25) is 5.60 Å². The molecule has 0 saturated heterocycles. The number of ether oxygens (including phenoxy) is 1. The second-order valence-electron chi connectivity index (χ2n) is 6.90. The molecule has 0 aromatic rings. The third kappa shape index (κ3) is 2.78. The van der Waals surface area contributed by atoms with Gasteiger partial charge in [0, 0.05) is 5.92 Å². The Bertz CT molecular complexity index is 607. The number of aliphatic hydroxyl groups is 1. The minimum absolute atomic E-state index is 0.0281. The van der Waals surface area contributed by atoms with Crippen LogP contribution in [0.15, 0.2) is 12.2 Å². The molecule has 2 aliphatic carbocycles. The molecule has 0 aromatic heterocycles. The highest BCUT2D eigenvalue weighted by molar-refractivity contribution is 5.80. The van der Waals surface area contributed by atoms with Crippen molar-refractivity contribution in [2.75, 3.05) is 0 Å². The Kier molecular flexibility index (Phi) is 4.67. The first-order valence-corrected chi connectivity index (χ1v) is 7.61. The molecule has 0 heterocycles. The van der Waals surface area contributed by atoms with Crippen molar-refractivity contribution in [1.29, 1.82) is 0 Å². The van der Waals surface area contributed by atoms with Crippen LogP contribution < -0.4 is 0 Å². The molecular formula is C15H16F8O3. The Balaban J connectivity index is 2.29. The zero-order valence-corrected chi connectivity index (χ0v) is 13.6. The first-order chi connectivity index (χ1) is 11.5. The molecule has 5 unspecified atom stereocenters. The summed E-state index contributed by atoms with van der Waals surface area (Å²) in [5, 5.41) is 9.16. The Morgan fingerprint density at radius 1 is 1.15 bits per heavy atom. The van der Waals surface area contributed by atoms with Crippen LogP contribution in [-0.2, 0) is 9.53 Å². The maximum Gasteiger partial charge on any atom is 0.423 e. The van der Waals surface area contributed by atoms with Crippen LogP contribution in [0.3, 0.4) is 0 Å². The van der Waals surface area contributed by atoms with Crippen molar-refractivity contribution >= 4 is 5.97 Å². The molecule has 11 heteroatoms. The molecular weight excluding hydrogens is 380 g/mol. The number of carbonyl (C=O) groups excluding carboxylic acids is 1. The summed E-state index contributed by atoms with van der Waals surface area (Å²) in [6, 6.07) is 0. The van der Waals surface area contributed by atoms with Gasteiger partial charge >= 0.3 is 24.2 Å². The van der Waals surface area contributed by atoms with Gasteiger partial charge in [-0.2, -0.15) is 35.1 Å². The van der Waals surface area contributed by atoms with E-state index < -0.39 is 59.6 Å². The smallest absolute Gasteiger partial charge is 0.423 e. The Morgan fingerprint density at radius 3 is 2.04 bits per heavy atom. The summed E-state index contributed by atoms with van der Waals surface area (Å²) in [6.45, 7) is 0.0718. The first kappa shape index (κ1) is 20.9. The molecule has 26 heavy (non-hydrogen) atoms. The van der Waals surface area contributed by atoms with Gasteiger partial charge < -0.3 is 9.84 Å². The van der Waals surface area contributed by atoms with E-state index in [2.05, 4.69) is 4.74 Å². The highest BCUT2D eigenvalue weighted by atomic mass is 19.4. The van der Waals surface area contributed by atoms with Crippen molar-refractivity contribution in [2.24, 2.45) is 17.3 Å². The van der Waals surface area contributed by atoms with Gasteiger partial charge in [-0.1, -0.05) is 12.2 Å². The van der Waals surface area contributed by atoms with E-state index in [9.17, 15) is 39.9 Å². The number of esters is 1. The van der Waals surface area contributed by atoms with Crippen molar-refractivity contribution in [3.05, 3.63) is 12.2 Å². The number of allylic oxidation sites excluding steroid dienone is 2. The van der Waals surface area contributed by atoms with E-state index in [4.69, 9.17) is 5.11 Å². The Labute approximate surface area is 143 Å². The van der Waals surface area contributed by atoms with Gasteiger partial charge in [-0.25, -0.2) is 0 Å². The van der Waals surface area contributed by atoms with Crippen LogP contribution in [0.1, 0.15) is 26.7 Å². The van der Waals surface area contributed by atoms with Crippen molar-refractivity contribution in [3.8, 4) is 0 Å². The van der Waals surface area contributed by atoms with Gasteiger partial charge in [-0.15, -0.1) is 0 Å². The van der Waals surface area contributed by atoms with E-state index >= 15 is 0 Å². The standard InChI is InChI=1S/C15H16F8O3/c1-7(13(16,17)11(2,25)14(18,19)20)26-10(24)12(15(21,22)23)6-8-3-4-9(12)5-8/h3-4,7-9,25H,5-6H2,1-2H3. The molecule has 0 amide bonds. The van der Waals surface area contributed by atoms with E-state index in [0.717, 1.165) is 6.08 Å². The van der Waals surface area contributed by atoms with Crippen LogP contribution >= 0.6 is 0 Å². The normalized spacial score (nSPS) is 32.4. The van der Waals surface area contributed by atoms with Crippen LogP contribution in [0.2, 0.25) is 0 Å². The zero-order chi connectivity index (χ0) is 20.3. The summed E-state index contributed by atoms with van der Waals surface area (Å²) in [6.07, 6.45) is -12.0. The zero-order valence-electron chi connectivity index (χ0n) is 13.6. The maximum absolute atomic E-state index is 14.0. The van der Waals surface area contributed by atoms with Crippen molar-refractivity contribution in [1.82, 2.24) is 0 Å². The van der Waals surface area contributed by atoms with Crippen LogP contribution in [0, 0.1) is 17.3 Å². The molecule has 1 fully saturated rings. The van der Waals surface area contributed by atoms with E-state index in [1.807, 2.05) is 0 Å². The average molecular weight is 396 g/mol. The van der Waals surface area contributed by atoms with Crippen LogP contribution in [0.4, 0.5) is 35.1 Å². The number of halogens is 8. The summed E-state index contributed by atoms with van der Waals surface area (Å²) >= 11 is 0. The predicted molar refractivity (Wildman–Crippen MR) is 71.0 cm³/mol. The highest BCUT2D eigenvalue weighted by Crippen LogP contribution is 2.60. The van der Waals surface area contributed by atoms with Gasteiger partial charge in [0.25, 0.3) is 0 Å². The van der Waals surface area contributed by atoms with Gasteiger partial charge in [-0.3, -0.25) is 4.79 Å². The predicted octanol–water partition coefficient (Wildman–Crippen LogP) is 4.01. The third-order valence-corrected chi connectivity index (χ3v) is 5.25. The summed E-state index contributed by atoms with van der Waals surface area (Å²) in [5.74, 6) is -9.06. The number of fused-ring (bicyclic) bond motifs is 2. The molecule has 0 aliphatic heterocycles. The SMILES string of the molecule is CC(OC(=O)C1(C(F)(F)F)CC2C=CC1C2)C(F)(F)C(C)(O)C(F)(F)F. The Morgan fingerprint density at radius 2 is 1.69 bits per heavy atom. The third-order valence-electron chi connectivity index (χ3n) is 5.25. The lowest BCUT2D eigenvalue weighted by Gasteiger charge is -2.40. The summed E-state index contributed by atoms with van der Waals surface area (Å²) in [7, 11) is 0. The summed E-state index contributed by atoms with van der Waals surface area (Å²) in [4.78, 5) is 12.2. The average Bonchev–Trinajstić information content (AvgIpc) is 3.05. The first-order valence-electron chi connectivity index (χ1n) is 7.61.